The fourth-order valence-electron chi connectivity index (χ4n) is 2.55. The van der Waals surface area contributed by atoms with Crippen molar-refractivity contribution < 1.29 is 13.2 Å². The number of rotatable bonds is 6. The fourth-order valence-corrected chi connectivity index (χ4v) is 2.55. The Hall–Kier alpha value is -1.07. The van der Waals surface area contributed by atoms with Crippen molar-refractivity contribution in [2.75, 3.05) is 19.6 Å². The van der Waals surface area contributed by atoms with Crippen molar-refractivity contribution in [3.05, 3.63) is 35.4 Å². The molecule has 0 aliphatic heterocycles. The van der Waals surface area contributed by atoms with Crippen LogP contribution in [-0.4, -0.2) is 30.1 Å². The normalized spacial score (nSPS) is 15.4. The van der Waals surface area contributed by atoms with Crippen LogP contribution in [0.2, 0.25) is 0 Å². The standard InChI is InChI=1S/C15H23F3N2/c1-4-20(5-2)14(3,11-19)10-12-6-8-13(9-7-12)15(16,17)18/h6-9H,4-5,10-11,19H2,1-3H3. The Bertz CT molecular complexity index is 410. The average Bonchev–Trinajstić information content (AvgIpc) is 2.39. The molecule has 0 saturated carbocycles. The zero-order valence-electron chi connectivity index (χ0n) is 12.3. The SMILES string of the molecule is CCN(CC)C(C)(CN)Cc1ccc(C(F)(F)F)cc1. The third kappa shape index (κ3) is 3.96. The van der Waals surface area contributed by atoms with E-state index >= 15 is 0 Å². The summed E-state index contributed by atoms with van der Waals surface area (Å²) >= 11 is 0. The van der Waals surface area contributed by atoms with Gasteiger partial charge in [-0.1, -0.05) is 26.0 Å². The summed E-state index contributed by atoms with van der Waals surface area (Å²) in [4.78, 5) is 2.24. The second kappa shape index (κ2) is 6.59. The van der Waals surface area contributed by atoms with E-state index in [-0.39, 0.29) is 5.54 Å². The monoisotopic (exact) mass is 288 g/mol. The van der Waals surface area contributed by atoms with E-state index in [1.807, 2.05) is 0 Å². The second-order valence-corrected chi connectivity index (χ2v) is 5.24. The molecule has 1 aromatic rings. The predicted molar refractivity (Wildman–Crippen MR) is 75.5 cm³/mol. The molecule has 0 aliphatic rings. The summed E-state index contributed by atoms with van der Waals surface area (Å²) in [5, 5.41) is 0. The van der Waals surface area contributed by atoms with Gasteiger partial charge in [0.1, 0.15) is 0 Å². The highest BCUT2D eigenvalue weighted by Crippen LogP contribution is 2.30. The van der Waals surface area contributed by atoms with Crippen molar-refractivity contribution >= 4 is 0 Å². The molecule has 1 unspecified atom stereocenters. The van der Waals surface area contributed by atoms with Crippen LogP contribution in [0.25, 0.3) is 0 Å². The molecule has 0 heterocycles. The molecule has 0 amide bonds. The number of alkyl halides is 3. The van der Waals surface area contributed by atoms with Gasteiger partial charge in [0.2, 0.25) is 0 Å². The Morgan fingerprint density at radius 2 is 1.55 bits per heavy atom. The smallest absolute Gasteiger partial charge is 0.329 e. The lowest BCUT2D eigenvalue weighted by atomic mass is 9.90. The molecule has 0 fully saturated rings. The van der Waals surface area contributed by atoms with Crippen LogP contribution in [0, 0.1) is 0 Å². The molecule has 2 N–H and O–H groups in total. The summed E-state index contributed by atoms with van der Waals surface area (Å²) in [6.45, 7) is 8.37. The summed E-state index contributed by atoms with van der Waals surface area (Å²) in [5.41, 5.74) is 5.91. The predicted octanol–water partition coefficient (Wildman–Crippen LogP) is 3.31. The molecule has 0 saturated heterocycles. The maximum atomic E-state index is 12.5. The van der Waals surface area contributed by atoms with Crippen molar-refractivity contribution in [2.45, 2.75) is 38.9 Å². The highest BCUT2D eigenvalue weighted by Gasteiger charge is 2.31. The van der Waals surface area contributed by atoms with Gasteiger partial charge in [-0.3, -0.25) is 4.90 Å². The van der Waals surface area contributed by atoms with Gasteiger partial charge in [-0.2, -0.15) is 13.2 Å². The maximum absolute atomic E-state index is 12.5. The number of nitrogens with two attached hydrogens (primary N) is 1. The number of hydrogen-bond donors (Lipinski definition) is 1. The zero-order valence-corrected chi connectivity index (χ0v) is 12.3. The topological polar surface area (TPSA) is 29.3 Å². The second-order valence-electron chi connectivity index (χ2n) is 5.24. The Morgan fingerprint density at radius 3 is 1.90 bits per heavy atom. The van der Waals surface area contributed by atoms with Crippen LogP contribution >= 0.6 is 0 Å². The summed E-state index contributed by atoms with van der Waals surface area (Å²) in [6.07, 6.45) is -3.64. The van der Waals surface area contributed by atoms with Crippen LogP contribution in [0.4, 0.5) is 13.2 Å². The lowest BCUT2D eigenvalue weighted by Crippen LogP contribution is -2.53. The van der Waals surface area contributed by atoms with Crippen LogP contribution in [0.5, 0.6) is 0 Å². The number of halogens is 3. The Kier molecular flexibility index (Phi) is 5.59. The molecular formula is C15H23F3N2. The summed E-state index contributed by atoms with van der Waals surface area (Å²) in [7, 11) is 0. The van der Waals surface area contributed by atoms with Crippen LogP contribution in [0.3, 0.4) is 0 Å². The Balaban J connectivity index is 2.91. The first-order chi connectivity index (χ1) is 9.26. The zero-order chi connectivity index (χ0) is 15.4. The van der Waals surface area contributed by atoms with E-state index in [1.54, 1.807) is 12.1 Å². The number of hydrogen-bond acceptors (Lipinski definition) is 2. The quantitative estimate of drug-likeness (QED) is 0.870. The lowest BCUT2D eigenvalue weighted by Gasteiger charge is -2.39. The number of nitrogens with zero attached hydrogens (tertiary/aromatic N) is 1. The first-order valence-corrected chi connectivity index (χ1v) is 6.88. The molecule has 1 rings (SSSR count). The Labute approximate surface area is 118 Å². The molecule has 0 aromatic heterocycles. The van der Waals surface area contributed by atoms with Gasteiger partial charge in [0, 0.05) is 12.1 Å². The highest BCUT2D eigenvalue weighted by atomic mass is 19.4. The van der Waals surface area contributed by atoms with Crippen LogP contribution in [0.1, 0.15) is 31.9 Å². The minimum Gasteiger partial charge on any atom is -0.329 e. The summed E-state index contributed by atoms with van der Waals surface area (Å²) in [6, 6.07) is 5.35. The molecule has 5 heteroatoms. The highest BCUT2D eigenvalue weighted by molar-refractivity contribution is 5.26. The van der Waals surface area contributed by atoms with Gasteiger partial charge in [0.05, 0.1) is 5.56 Å². The summed E-state index contributed by atoms with van der Waals surface area (Å²) < 4.78 is 37.6. The van der Waals surface area contributed by atoms with E-state index in [9.17, 15) is 13.2 Å². The van der Waals surface area contributed by atoms with Gasteiger partial charge in [-0.25, -0.2) is 0 Å². The van der Waals surface area contributed by atoms with E-state index in [4.69, 9.17) is 5.73 Å². The first-order valence-electron chi connectivity index (χ1n) is 6.88. The molecule has 20 heavy (non-hydrogen) atoms. The lowest BCUT2D eigenvalue weighted by molar-refractivity contribution is -0.137. The third-order valence-electron chi connectivity index (χ3n) is 3.83. The van der Waals surface area contributed by atoms with Crippen molar-refractivity contribution in [1.82, 2.24) is 4.90 Å². The van der Waals surface area contributed by atoms with Gasteiger partial charge in [0.15, 0.2) is 0 Å². The van der Waals surface area contributed by atoms with Gasteiger partial charge in [0.25, 0.3) is 0 Å². The largest absolute Gasteiger partial charge is 0.416 e. The van der Waals surface area contributed by atoms with Crippen molar-refractivity contribution in [3.8, 4) is 0 Å². The molecule has 2 nitrogen and oxygen atoms in total. The van der Waals surface area contributed by atoms with E-state index in [0.29, 0.717) is 13.0 Å². The van der Waals surface area contributed by atoms with E-state index in [2.05, 4.69) is 25.7 Å². The van der Waals surface area contributed by atoms with Gasteiger partial charge in [-0.05, 0) is 44.1 Å². The van der Waals surface area contributed by atoms with Crippen molar-refractivity contribution in [1.29, 1.82) is 0 Å². The third-order valence-corrected chi connectivity index (χ3v) is 3.83. The van der Waals surface area contributed by atoms with Crippen molar-refractivity contribution in [2.24, 2.45) is 5.73 Å². The van der Waals surface area contributed by atoms with E-state index in [1.165, 1.54) is 0 Å². The molecular weight excluding hydrogens is 265 g/mol. The maximum Gasteiger partial charge on any atom is 0.416 e. The van der Waals surface area contributed by atoms with Crippen LogP contribution in [0.15, 0.2) is 24.3 Å². The van der Waals surface area contributed by atoms with Gasteiger partial charge >= 0.3 is 6.18 Å². The number of likely N-dealkylation sites (N-methyl/N-ethyl adjacent to an activating group) is 1. The van der Waals surface area contributed by atoms with Crippen LogP contribution in [-0.2, 0) is 12.6 Å². The van der Waals surface area contributed by atoms with E-state index in [0.717, 1.165) is 30.8 Å². The van der Waals surface area contributed by atoms with Crippen molar-refractivity contribution in [3.63, 3.8) is 0 Å². The van der Waals surface area contributed by atoms with E-state index < -0.39 is 11.7 Å². The molecule has 0 radical (unpaired) electrons. The van der Waals surface area contributed by atoms with Gasteiger partial charge in [-0.15, -0.1) is 0 Å². The molecule has 0 aliphatic carbocycles. The molecule has 0 bridgehead atoms. The molecule has 1 aromatic carbocycles. The average molecular weight is 288 g/mol. The van der Waals surface area contributed by atoms with Crippen LogP contribution < -0.4 is 5.73 Å². The summed E-state index contributed by atoms with van der Waals surface area (Å²) in [5.74, 6) is 0. The molecule has 1 atom stereocenters. The minimum atomic E-state index is -4.28. The minimum absolute atomic E-state index is 0.233. The van der Waals surface area contributed by atoms with Gasteiger partial charge < -0.3 is 5.73 Å². The molecule has 0 spiro atoms. The number of benzene rings is 1. The first kappa shape index (κ1) is 17.0. The fraction of sp³-hybridized carbons (Fsp3) is 0.600. The Morgan fingerprint density at radius 1 is 1.05 bits per heavy atom. The molecule has 114 valence electrons.